The van der Waals surface area contributed by atoms with Crippen LogP contribution >= 0.6 is 0 Å². The SMILES string of the molecule is CCCO[C@H]1CNC[C@@H](COc2cccnc2)C1. The summed E-state index contributed by atoms with van der Waals surface area (Å²) in [5, 5.41) is 3.41. The summed E-state index contributed by atoms with van der Waals surface area (Å²) < 4.78 is 11.5. The maximum atomic E-state index is 5.78. The van der Waals surface area contributed by atoms with Crippen LogP contribution in [0, 0.1) is 5.92 Å². The molecule has 18 heavy (non-hydrogen) atoms. The molecule has 0 saturated carbocycles. The fraction of sp³-hybridized carbons (Fsp3) is 0.643. The molecule has 0 bridgehead atoms. The van der Waals surface area contributed by atoms with Crippen LogP contribution in [0.3, 0.4) is 0 Å². The van der Waals surface area contributed by atoms with Gasteiger partial charge in [-0.2, -0.15) is 0 Å². The second-order valence-electron chi connectivity index (χ2n) is 4.75. The molecule has 0 spiro atoms. The Hall–Kier alpha value is -1.13. The smallest absolute Gasteiger partial charge is 0.137 e. The van der Waals surface area contributed by atoms with Crippen LogP contribution in [0.25, 0.3) is 0 Å². The minimum Gasteiger partial charge on any atom is -0.492 e. The lowest BCUT2D eigenvalue weighted by Crippen LogP contribution is -2.42. The van der Waals surface area contributed by atoms with Crippen molar-refractivity contribution in [1.82, 2.24) is 10.3 Å². The van der Waals surface area contributed by atoms with E-state index in [1.54, 1.807) is 12.4 Å². The zero-order valence-electron chi connectivity index (χ0n) is 11.0. The van der Waals surface area contributed by atoms with Gasteiger partial charge in [-0.05, 0) is 25.0 Å². The average Bonchev–Trinajstić information content (AvgIpc) is 2.44. The van der Waals surface area contributed by atoms with Crippen molar-refractivity contribution >= 4 is 0 Å². The highest BCUT2D eigenvalue weighted by atomic mass is 16.5. The molecule has 2 heterocycles. The Kier molecular flexibility index (Phi) is 5.42. The molecule has 1 aromatic rings. The van der Waals surface area contributed by atoms with Gasteiger partial charge in [0.25, 0.3) is 0 Å². The first-order valence-electron chi connectivity index (χ1n) is 6.73. The molecule has 0 aromatic carbocycles. The molecular formula is C14H22N2O2. The van der Waals surface area contributed by atoms with Crippen LogP contribution in [0.15, 0.2) is 24.5 Å². The van der Waals surface area contributed by atoms with Gasteiger partial charge in [0.2, 0.25) is 0 Å². The van der Waals surface area contributed by atoms with Gasteiger partial charge in [-0.1, -0.05) is 6.92 Å². The first-order valence-corrected chi connectivity index (χ1v) is 6.73. The predicted octanol–water partition coefficient (Wildman–Crippen LogP) is 1.87. The van der Waals surface area contributed by atoms with E-state index < -0.39 is 0 Å². The number of pyridine rings is 1. The Labute approximate surface area is 109 Å². The second kappa shape index (κ2) is 7.34. The van der Waals surface area contributed by atoms with E-state index in [0.717, 1.165) is 44.9 Å². The van der Waals surface area contributed by atoms with Crippen molar-refractivity contribution in [2.45, 2.75) is 25.9 Å². The molecule has 2 atom stereocenters. The highest BCUT2D eigenvalue weighted by Crippen LogP contribution is 2.16. The zero-order valence-corrected chi connectivity index (χ0v) is 11.0. The zero-order chi connectivity index (χ0) is 12.6. The Bertz CT molecular complexity index is 332. The van der Waals surface area contributed by atoms with E-state index in [9.17, 15) is 0 Å². The maximum Gasteiger partial charge on any atom is 0.137 e. The van der Waals surface area contributed by atoms with E-state index in [1.165, 1.54) is 0 Å². The molecule has 1 fully saturated rings. The first-order chi connectivity index (χ1) is 8.88. The number of hydrogen-bond acceptors (Lipinski definition) is 4. The summed E-state index contributed by atoms with van der Waals surface area (Å²) in [6.45, 7) is 5.68. The van der Waals surface area contributed by atoms with Crippen molar-refractivity contribution in [1.29, 1.82) is 0 Å². The van der Waals surface area contributed by atoms with Crippen molar-refractivity contribution < 1.29 is 9.47 Å². The summed E-state index contributed by atoms with van der Waals surface area (Å²) in [5.74, 6) is 1.36. The van der Waals surface area contributed by atoms with Gasteiger partial charge in [0.15, 0.2) is 0 Å². The lowest BCUT2D eigenvalue weighted by molar-refractivity contribution is 0.0154. The molecule has 1 saturated heterocycles. The molecule has 0 amide bonds. The molecule has 1 aliphatic heterocycles. The van der Waals surface area contributed by atoms with Gasteiger partial charge in [0.05, 0.1) is 18.9 Å². The Morgan fingerprint density at radius 1 is 1.44 bits per heavy atom. The highest BCUT2D eigenvalue weighted by molar-refractivity contribution is 5.15. The summed E-state index contributed by atoms with van der Waals surface area (Å²) in [4.78, 5) is 4.04. The molecular weight excluding hydrogens is 228 g/mol. The standard InChI is InChI=1S/C14H22N2O2/c1-2-6-17-14-7-12(8-16-10-14)11-18-13-4-3-5-15-9-13/h3-5,9,12,14,16H,2,6-8,10-11H2,1H3/t12-,14+/m0/s1. The van der Waals surface area contributed by atoms with Crippen LogP contribution in [0.1, 0.15) is 19.8 Å². The molecule has 1 N–H and O–H groups in total. The number of nitrogens with zero attached hydrogens (tertiary/aromatic N) is 1. The monoisotopic (exact) mass is 250 g/mol. The van der Waals surface area contributed by atoms with Gasteiger partial charge < -0.3 is 14.8 Å². The third kappa shape index (κ3) is 4.27. The van der Waals surface area contributed by atoms with Crippen LogP contribution in [-0.2, 0) is 4.74 Å². The van der Waals surface area contributed by atoms with Gasteiger partial charge in [0, 0.05) is 31.8 Å². The maximum absolute atomic E-state index is 5.78. The van der Waals surface area contributed by atoms with E-state index in [0.29, 0.717) is 12.0 Å². The number of piperidine rings is 1. The number of hydrogen-bond donors (Lipinski definition) is 1. The van der Waals surface area contributed by atoms with Crippen LogP contribution in [0.2, 0.25) is 0 Å². The predicted molar refractivity (Wildman–Crippen MR) is 70.7 cm³/mol. The highest BCUT2D eigenvalue weighted by Gasteiger charge is 2.22. The van der Waals surface area contributed by atoms with Crippen molar-refractivity contribution in [2.24, 2.45) is 5.92 Å². The fourth-order valence-corrected chi connectivity index (χ4v) is 2.17. The van der Waals surface area contributed by atoms with Crippen molar-refractivity contribution in [3.8, 4) is 5.75 Å². The fourth-order valence-electron chi connectivity index (χ4n) is 2.17. The largest absolute Gasteiger partial charge is 0.492 e. The quantitative estimate of drug-likeness (QED) is 0.837. The third-order valence-corrected chi connectivity index (χ3v) is 3.08. The Morgan fingerprint density at radius 2 is 2.39 bits per heavy atom. The molecule has 4 heteroatoms. The lowest BCUT2D eigenvalue weighted by Gasteiger charge is -2.29. The van der Waals surface area contributed by atoms with Crippen LogP contribution in [0.4, 0.5) is 0 Å². The first kappa shape index (κ1) is 13.3. The second-order valence-corrected chi connectivity index (χ2v) is 4.75. The van der Waals surface area contributed by atoms with Gasteiger partial charge in [0.1, 0.15) is 5.75 Å². The Balaban J connectivity index is 1.72. The molecule has 0 unspecified atom stereocenters. The van der Waals surface area contributed by atoms with Crippen molar-refractivity contribution in [3.05, 3.63) is 24.5 Å². The number of aromatic nitrogens is 1. The summed E-state index contributed by atoms with van der Waals surface area (Å²) in [6.07, 6.45) is 5.99. The summed E-state index contributed by atoms with van der Waals surface area (Å²) in [6, 6.07) is 3.83. The van der Waals surface area contributed by atoms with Crippen molar-refractivity contribution in [2.75, 3.05) is 26.3 Å². The molecule has 4 nitrogen and oxygen atoms in total. The minimum absolute atomic E-state index is 0.334. The number of nitrogens with one attached hydrogen (secondary N) is 1. The molecule has 2 rings (SSSR count). The van der Waals surface area contributed by atoms with Gasteiger partial charge >= 0.3 is 0 Å². The normalized spacial score (nSPS) is 23.8. The number of rotatable bonds is 6. The van der Waals surface area contributed by atoms with Crippen LogP contribution in [0.5, 0.6) is 5.75 Å². The third-order valence-electron chi connectivity index (χ3n) is 3.08. The topological polar surface area (TPSA) is 43.4 Å². The number of ether oxygens (including phenoxy) is 2. The van der Waals surface area contributed by atoms with E-state index in [4.69, 9.17) is 9.47 Å². The summed E-state index contributed by atoms with van der Waals surface area (Å²) in [5.41, 5.74) is 0. The van der Waals surface area contributed by atoms with Gasteiger partial charge in [-0.25, -0.2) is 0 Å². The molecule has 1 aliphatic rings. The van der Waals surface area contributed by atoms with E-state index >= 15 is 0 Å². The Morgan fingerprint density at radius 3 is 3.17 bits per heavy atom. The van der Waals surface area contributed by atoms with Crippen LogP contribution < -0.4 is 10.1 Å². The minimum atomic E-state index is 0.334. The van der Waals surface area contributed by atoms with Crippen LogP contribution in [-0.4, -0.2) is 37.4 Å². The van der Waals surface area contributed by atoms with E-state index in [1.807, 2.05) is 12.1 Å². The molecule has 0 aliphatic carbocycles. The van der Waals surface area contributed by atoms with E-state index in [2.05, 4.69) is 17.2 Å². The lowest BCUT2D eigenvalue weighted by atomic mass is 9.98. The average molecular weight is 250 g/mol. The van der Waals surface area contributed by atoms with Crippen molar-refractivity contribution in [3.63, 3.8) is 0 Å². The van der Waals surface area contributed by atoms with Gasteiger partial charge in [-0.15, -0.1) is 0 Å². The summed E-state index contributed by atoms with van der Waals surface area (Å²) in [7, 11) is 0. The van der Waals surface area contributed by atoms with E-state index in [-0.39, 0.29) is 0 Å². The molecule has 0 radical (unpaired) electrons. The summed E-state index contributed by atoms with van der Waals surface area (Å²) >= 11 is 0. The molecule has 1 aromatic heterocycles. The molecule has 100 valence electrons. The van der Waals surface area contributed by atoms with Gasteiger partial charge in [-0.3, -0.25) is 4.98 Å².